The van der Waals surface area contributed by atoms with Gasteiger partial charge >= 0.3 is 0 Å². The van der Waals surface area contributed by atoms with E-state index in [4.69, 9.17) is 4.42 Å². The highest BCUT2D eigenvalue weighted by Crippen LogP contribution is 2.39. The van der Waals surface area contributed by atoms with Crippen LogP contribution in [0.2, 0.25) is 0 Å². The fourth-order valence-electron chi connectivity index (χ4n) is 4.73. The largest absolute Gasteiger partial charge is 0.456 e. The first kappa shape index (κ1) is 22.4. The predicted octanol–water partition coefficient (Wildman–Crippen LogP) is 9.46. The van der Waals surface area contributed by atoms with Gasteiger partial charge in [-0.05, 0) is 51.6 Å². The van der Waals surface area contributed by atoms with E-state index in [2.05, 4.69) is 97.0 Å². The molecule has 4 aromatic carbocycles. The Morgan fingerprint density at radius 2 is 1.43 bits per heavy atom. The number of allylic oxidation sites excluding steroid dienone is 2. The van der Waals surface area contributed by atoms with E-state index in [0.717, 1.165) is 66.6 Å². The van der Waals surface area contributed by atoms with Crippen LogP contribution in [0, 0.1) is 0 Å². The van der Waals surface area contributed by atoms with Crippen molar-refractivity contribution in [2.24, 2.45) is 4.99 Å². The molecule has 0 spiro atoms. The molecule has 5 aromatic rings. The summed E-state index contributed by atoms with van der Waals surface area (Å²) < 4.78 is 6.04. The van der Waals surface area contributed by atoms with Crippen LogP contribution in [0.3, 0.4) is 0 Å². The first-order valence-electron chi connectivity index (χ1n) is 11.9. The lowest BCUT2D eigenvalue weighted by molar-refractivity contribution is 0.669. The molecule has 1 aromatic heterocycles. The van der Waals surface area contributed by atoms with Crippen LogP contribution in [0.1, 0.15) is 25.0 Å². The van der Waals surface area contributed by atoms with E-state index in [9.17, 15) is 0 Å². The van der Waals surface area contributed by atoms with Crippen LogP contribution in [0.25, 0.3) is 50.3 Å². The van der Waals surface area contributed by atoms with Crippen LogP contribution in [0.15, 0.2) is 125 Å². The number of nitrogens with zero attached hydrogens (tertiary/aromatic N) is 1. The molecule has 0 fully saturated rings. The van der Waals surface area contributed by atoms with Crippen molar-refractivity contribution in [2.45, 2.75) is 13.8 Å². The van der Waals surface area contributed by atoms with Crippen LogP contribution in [0.4, 0.5) is 0 Å². The van der Waals surface area contributed by atoms with Gasteiger partial charge in [0.2, 0.25) is 0 Å². The van der Waals surface area contributed by atoms with Gasteiger partial charge in [0, 0.05) is 22.5 Å². The summed E-state index contributed by atoms with van der Waals surface area (Å²) in [5.74, 6) is 0. The fourth-order valence-corrected chi connectivity index (χ4v) is 4.73. The minimum absolute atomic E-state index is 0.865. The van der Waals surface area contributed by atoms with E-state index in [1.54, 1.807) is 6.20 Å². The van der Waals surface area contributed by atoms with Crippen molar-refractivity contribution in [2.75, 3.05) is 0 Å². The number of fused-ring (bicyclic) bond motifs is 4. The molecular formula is C33H27NO. The Hall–Kier alpha value is -4.43. The first-order chi connectivity index (χ1) is 17.2. The van der Waals surface area contributed by atoms with Crippen molar-refractivity contribution in [3.8, 4) is 22.3 Å². The molecule has 1 aliphatic rings. The molecule has 0 unspecified atom stereocenters. The number of para-hydroxylation sites is 1. The second-order valence-corrected chi connectivity index (χ2v) is 8.14. The standard InChI is InChI=1S/C31H21NO.C2H6/c1-3-32-31-20(2)15-16-21-9-8-13-26(30(21)31)24-11-5-4-10-23(24)22-17-18-29-27(19-22)25-12-6-7-14-28(25)33-29;1-2/h3-19H,1-2H2;1-2H3. The average molecular weight is 454 g/mol. The maximum Gasteiger partial charge on any atom is 0.135 e. The molecular weight excluding hydrogens is 426 g/mol. The molecule has 2 heteroatoms. The number of aliphatic imine (C=N–C) groups is 1. The molecule has 0 amide bonds. The first-order valence-corrected chi connectivity index (χ1v) is 11.9. The van der Waals surface area contributed by atoms with Gasteiger partial charge in [0.15, 0.2) is 0 Å². The minimum Gasteiger partial charge on any atom is -0.456 e. The van der Waals surface area contributed by atoms with Gasteiger partial charge in [0.25, 0.3) is 0 Å². The van der Waals surface area contributed by atoms with Crippen molar-refractivity contribution in [1.29, 1.82) is 0 Å². The van der Waals surface area contributed by atoms with Gasteiger partial charge in [-0.3, -0.25) is 4.99 Å². The Morgan fingerprint density at radius 1 is 0.714 bits per heavy atom. The quantitative estimate of drug-likeness (QED) is 0.267. The minimum atomic E-state index is 0.865. The summed E-state index contributed by atoms with van der Waals surface area (Å²) in [4.78, 5) is 4.58. The van der Waals surface area contributed by atoms with Crippen LogP contribution in [-0.4, -0.2) is 5.71 Å². The van der Waals surface area contributed by atoms with Crippen LogP contribution in [0.5, 0.6) is 0 Å². The average Bonchev–Trinajstić information content (AvgIpc) is 3.29. The number of hydrogen-bond donors (Lipinski definition) is 0. The second-order valence-electron chi connectivity index (χ2n) is 8.14. The molecule has 35 heavy (non-hydrogen) atoms. The fraction of sp³-hybridized carbons (Fsp3) is 0.0606. The molecule has 0 saturated heterocycles. The summed E-state index contributed by atoms with van der Waals surface area (Å²) in [6.07, 6.45) is 5.71. The van der Waals surface area contributed by atoms with E-state index in [-0.39, 0.29) is 0 Å². The van der Waals surface area contributed by atoms with Gasteiger partial charge < -0.3 is 4.42 Å². The molecule has 0 aliphatic heterocycles. The third-order valence-corrected chi connectivity index (χ3v) is 6.23. The van der Waals surface area contributed by atoms with Crippen LogP contribution < -0.4 is 0 Å². The Bertz CT molecular complexity index is 1640. The molecule has 0 atom stereocenters. The Labute approximate surface area is 206 Å². The molecule has 0 bridgehead atoms. The Morgan fingerprint density at radius 3 is 2.26 bits per heavy atom. The maximum absolute atomic E-state index is 6.04. The highest BCUT2D eigenvalue weighted by molar-refractivity contribution is 6.22. The smallest absolute Gasteiger partial charge is 0.135 e. The summed E-state index contributed by atoms with van der Waals surface area (Å²) in [5, 5.41) is 2.25. The van der Waals surface area contributed by atoms with Crippen molar-refractivity contribution in [3.63, 3.8) is 0 Å². The summed E-state index contributed by atoms with van der Waals surface area (Å²) in [5.41, 5.74) is 10.4. The summed E-state index contributed by atoms with van der Waals surface area (Å²) >= 11 is 0. The number of benzene rings is 4. The van der Waals surface area contributed by atoms with Crippen molar-refractivity contribution in [1.82, 2.24) is 0 Å². The zero-order valence-electron chi connectivity index (χ0n) is 20.1. The number of furan rings is 1. The topological polar surface area (TPSA) is 25.5 Å². The van der Waals surface area contributed by atoms with E-state index in [0.29, 0.717) is 0 Å². The highest BCUT2D eigenvalue weighted by atomic mass is 16.3. The number of hydrogen-bond acceptors (Lipinski definition) is 2. The SMILES string of the molecule is C=CN=C1C(=C)C=Cc2cccc(-c3ccccc3-c3ccc4oc5ccccc5c4c3)c21.CC. The van der Waals surface area contributed by atoms with E-state index in [1.807, 2.05) is 32.1 Å². The van der Waals surface area contributed by atoms with Gasteiger partial charge in [-0.25, -0.2) is 0 Å². The zero-order valence-corrected chi connectivity index (χ0v) is 20.1. The lowest BCUT2D eigenvalue weighted by atomic mass is 9.84. The Balaban J connectivity index is 0.00000124. The van der Waals surface area contributed by atoms with Crippen LogP contribution >= 0.6 is 0 Å². The van der Waals surface area contributed by atoms with Gasteiger partial charge in [-0.15, -0.1) is 0 Å². The third-order valence-electron chi connectivity index (χ3n) is 6.23. The molecule has 170 valence electrons. The van der Waals surface area contributed by atoms with E-state index >= 15 is 0 Å². The Kier molecular flexibility index (Phi) is 6.03. The van der Waals surface area contributed by atoms with Crippen molar-refractivity contribution >= 4 is 33.7 Å². The summed E-state index contributed by atoms with van der Waals surface area (Å²) in [6, 6.07) is 29.5. The normalized spacial score (nSPS) is 13.5. The monoisotopic (exact) mass is 453 g/mol. The van der Waals surface area contributed by atoms with Crippen molar-refractivity contribution < 1.29 is 4.42 Å². The lowest BCUT2D eigenvalue weighted by Crippen LogP contribution is -2.10. The zero-order chi connectivity index (χ0) is 24.4. The number of rotatable bonds is 3. The molecule has 1 aliphatic carbocycles. The molecule has 0 saturated carbocycles. The van der Waals surface area contributed by atoms with Gasteiger partial charge in [0.1, 0.15) is 11.2 Å². The van der Waals surface area contributed by atoms with E-state index < -0.39 is 0 Å². The summed E-state index contributed by atoms with van der Waals surface area (Å²) in [7, 11) is 0. The van der Waals surface area contributed by atoms with Gasteiger partial charge in [-0.2, -0.15) is 0 Å². The van der Waals surface area contributed by atoms with Crippen molar-refractivity contribution in [3.05, 3.63) is 127 Å². The van der Waals surface area contributed by atoms with Crippen LogP contribution in [-0.2, 0) is 0 Å². The molecule has 2 nitrogen and oxygen atoms in total. The molecule has 1 heterocycles. The van der Waals surface area contributed by atoms with Gasteiger partial charge in [-0.1, -0.05) is 106 Å². The highest BCUT2D eigenvalue weighted by Gasteiger charge is 2.21. The predicted molar refractivity (Wildman–Crippen MR) is 151 cm³/mol. The lowest BCUT2D eigenvalue weighted by Gasteiger charge is -2.21. The third kappa shape index (κ3) is 3.83. The molecule has 0 radical (unpaired) electrons. The summed E-state index contributed by atoms with van der Waals surface area (Å²) in [6.45, 7) is 12.0. The maximum atomic E-state index is 6.04. The van der Waals surface area contributed by atoms with Gasteiger partial charge in [0.05, 0.1) is 5.71 Å². The second kappa shape index (κ2) is 9.44. The molecule has 6 rings (SSSR count). The van der Waals surface area contributed by atoms with E-state index in [1.165, 1.54) is 0 Å². The molecule has 0 N–H and O–H groups in total.